The van der Waals surface area contributed by atoms with Gasteiger partial charge in [-0.25, -0.2) is 0 Å². The number of carbonyl (C=O) groups is 3. The summed E-state index contributed by atoms with van der Waals surface area (Å²) < 4.78 is 25.2. The van der Waals surface area contributed by atoms with Gasteiger partial charge in [0.1, 0.15) is 18.7 Å². The first kappa shape index (κ1) is 30.4. The number of likely N-dealkylation sites (tertiary alicyclic amines) is 1. The number of benzene rings is 2. The van der Waals surface area contributed by atoms with E-state index >= 15 is 0 Å². The Labute approximate surface area is 255 Å². The molecule has 0 spiro atoms. The van der Waals surface area contributed by atoms with E-state index < -0.39 is 24.2 Å². The van der Waals surface area contributed by atoms with Crippen LogP contribution in [-0.2, 0) is 23.9 Å². The number of fused-ring (bicyclic) bond motifs is 3. The first-order valence-electron chi connectivity index (χ1n) is 14.4. The zero-order valence-corrected chi connectivity index (χ0v) is 25.3. The third-order valence-electron chi connectivity index (χ3n) is 7.78. The summed E-state index contributed by atoms with van der Waals surface area (Å²) in [6, 6.07) is 14.5. The van der Waals surface area contributed by atoms with Crippen molar-refractivity contribution in [2.45, 2.75) is 50.9 Å². The molecule has 43 heavy (non-hydrogen) atoms. The minimum Gasteiger partial charge on any atom is -0.493 e. The van der Waals surface area contributed by atoms with Gasteiger partial charge in [0.2, 0.25) is 11.8 Å². The minimum absolute atomic E-state index is 0.119. The lowest BCUT2D eigenvalue weighted by Crippen LogP contribution is -2.53. The fourth-order valence-electron chi connectivity index (χ4n) is 5.84. The van der Waals surface area contributed by atoms with E-state index in [0.29, 0.717) is 42.3 Å². The van der Waals surface area contributed by atoms with Crippen molar-refractivity contribution >= 4 is 29.4 Å². The highest BCUT2D eigenvalue weighted by Gasteiger charge is 2.34. The minimum atomic E-state index is -0.685. The highest BCUT2D eigenvalue weighted by Crippen LogP contribution is 2.46. The van der Waals surface area contributed by atoms with Gasteiger partial charge >= 0.3 is 5.97 Å². The molecule has 2 aliphatic rings. The average Bonchev–Trinajstić information content (AvgIpc) is 3.44. The molecule has 2 aliphatic heterocycles. The number of rotatable bonds is 10. The second-order valence-electron chi connectivity index (χ2n) is 10.5. The fourth-order valence-corrected chi connectivity index (χ4v) is 6.02. The number of hydrogen-bond donors (Lipinski definition) is 1. The Balaban J connectivity index is 1.37. The number of halogens is 1. The maximum Gasteiger partial charge on any atom is 0.325 e. The third-order valence-corrected chi connectivity index (χ3v) is 8.02. The van der Waals surface area contributed by atoms with Crippen LogP contribution in [0.4, 0.5) is 0 Å². The van der Waals surface area contributed by atoms with Crippen molar-refractivity contribution < 1.29 is 33.3 Å². The topological polar surface area (TPSA) is 108 Å². The number of piperidine rings is 1. The Morgan fingerprint density at radius 3 is 2.70 bits per heavy atom. The van der Waals surface area contributed by atoms with Crippen LogP contribution in [0.1, 0.15) is 61.6 Å². The summed E-state index contributed by atoms with van der Waals surface area (Å²) >= 11 is 6.48. The van der Waals surface area contributed by atoms with Crippen LogP contribution in [-0.4, -0.2) is 67.2 Å². The molecule has 228 valence electrons. The largest absolute Gasteiger partial charge is 0.493 e. The maximum absolute atomic E-state index is 13.2. The van der Waals surface area contributed by atoms with Gasteiger partial charge in [0.15, 0.2) is 11.5 Å². The fraction of sp³-hybridized carbons (Fsp3) is 0.406. The first-order chi connectivity index (χ1) is 20.8. The van der Waals surface area contributed by atoms with E-state index in [1.54, 1.807) is 21.1 Å². The van der Waals surface area contributed by atoms with Crippen LogP contribution in [0.15, 0.2) is 54.7 Å². The van der Waals surface area contributed by atoms with E-state index in [1.807, 2.05) is 54.7 Å². The number of hydrogen-bond acceptors (Lipinski definition) is 7. The van der Waals surface area contributed by atoms with Crippen molar-refractivity contribution in [1.29, 1.82) is 0 Å². The molecule has 2 amide bonds. The molecule has 1 saturated heterocycles. The van der Waals surface area contributed by atoms with Crippen molar-refractivity contribution in [1.82, 2.24) is 14.8 Å². The predicted octanol–water partition coefficient (Wildman–Crippen LogP) is 4.76. The summed E-state index contributed by atoms with van der Waals surface area (Å²) in [7, 11) is 3.17. The van der Waals surface area contributed by atoms with E-state index in [1.165, 1.54) is 4.90 Å². The lowest BCUT2D eigenvalue weighted by Gasteiger charge is -2.32. The maximum atomic E-state index is 13.2. The molecule has 1 fully saturated rings. The van der Waals surface area contributed by atoms with Gasteiger partial charge in [0.25, 0.3) is 0 Å². The smallest absolute Gasteiger partial charge is 0.325 e. The molecule has 0 bridgehead atoms. The van der Waals surface area contributed by atoms with Gasteiger partial charge in [-0.15, -0.1) is 0 Å². The number of esters is 1. The summed E-state index contributed by atoms with van der Waals surface area (Å²) in [5.41, 5.74) is 3.40. The zero-order chi connectivity index (χ0) is 30.5. The van der Waals surface area contributed by atoms with Crippen LogP contribution in [0.5, 0.6) is 11.5 Å². The van der Waals surface area contributed by atoms with Crippen LogP contribution in [0.25, 0.3) is 5.69 Å². The van der Waals surface area contributed by atoms with Crippen molar-refractivity contribution in [2.24, 2.45) is 0 Å². The lowest BCUT2D eigenvalue weighted by atomic mass is 9.98. The van der Waals surface area contributed by atoms with E-state index in [9.17, 15) is 14.4 Å². The molecule has 0 aliphatic carbocycles. The number of amides is 2. The second kappa shape index (κ2) is 13.5. The molecule has 10 nitrogen and oxygen atoms in total. The summed E-state index contributed by atoms with van der Waals surface area (Å²) in [6.45, 7) is 2.30. The molecular weight excluding hydrogens is 574 g/mol. The van der Waals surface area contributed by atoms with Crippen LogP contribution >= 0.6 is 11.6 Å². The first-order valence-corrected chi connectivity index (χ1v) is 14.8. The number of nitrogens with one attached hydrogen (secondary N) is 1. The molecule has 11 heteroatoms. The normalized spacial score (nSPS) is 19.6. The molecular formula is C32H36ClN3O7. The summed E-state index contributed by atoms with van der Waals surface area (Å²) in [4.78, 5) is 39.5. The number of para-hydroxylation sites is 1. The lowest BCUT2D eigenvalue weighted by molar-refractivity contribution is -0.151. The van der Waals surface area contributed by atoms with Crippen LogP contribution in [0, 0.1) is 0 Å². The molecule has 0 unspecified atom stereocenters. The molecule has 1 aromatic heterocycles. The predicted molar refractivity (Wildman–Crippen MR) is 160 cm³/mol. The van der Waals surface area contributed by atoms with Crippen LogP contribution < -0.4 is 14.8 Å². The highest BCUT2D eigenvalue weighted by atomic mass is 35.5. The van der Waals surface area contributed by atoms with E-state index in [-0.39, 0.29) is 31.4 Å². The van der Waals surface area contributed by atoms with Crippen LogP contribution in [0.2, 0.25) is 5.02 Å². The Hall–Kier alpha value is -4.02. The monoisotopic (exact) mass is 609 g/mol. The number of nitrogens with zero attached hydrogens (tertiary/aromatic N) is 2. The van der Waals surface area contributed by atoms with E-state index in [0.717, 1.165) is 22.5 Å². The SMILES string of the molecule is CCOC(=O)CN1CCC[C@@H](NC(=O)CC[C@H]2O[C@H](c3cccc(OC)c3OC)c3cc(Cl)ccc3-n3cccc32)C1=O. The molecule has 0 saturated carbocycles. The number of carbonyl (C=O) groups excluding carboxylic acids is 3. The van der Waals surface area contributed by atoms with E-state index in [4.69, 9.17) is 30.5 Å². The van der Waals surface area contributed by atoms with Crippen molar-refractivity contribution in [2.75, 3.05) is 33.9 Å². The van der Waals surface area contributed by atoms with Gasteiger partial charge in [0, 0.05) is 35.3 Å². The van der Waals surface area contributed by atoms with Crippen molar-refractivity contribution in [3.63, 3.8) is 0 Å². The van der Waals surface area contributed by atoms with Crippen molar-refractivity contribution in [3.8, 4) is 17.2 Å². The van der Waals surface area contributed by atoms with Gasteiger partial charge in [-0.3, -0.25) is 14.4 Å². The van der Waals surface area contributed by atoms with E-state index in [2.05, 4.69) is 9.88 Å². The number of methoxy groups -OCH3 is 2. The van der Waals surface area contributed by atoms with Crippen molar-refractivity contribution in [3.05, 3.63) is 76.6 Å². The molecule has 5 rings (SSSR count). The van der Waals surface area contributed by atoms with Gasteiger partial charge in [-0.05, 0) is 62.6 Å². The Morgan fingerprint density at radius 1 is 1.09 bits per heavy atom. The molecule has 2 aromatic carbocycles. The van der Waals surface area contributed by atoms with Gasteiger partial charge in [-0.1, -0.05) is 23.7 Å². The van der Waals surface area contributed by atoms with Crippen LogP contribution in [0.3, 0.4) is 0 Å². The average molecular weight is 610 g/mol. The molecule has 0 radical (unpaired) electrons. The number of aromatic nitrogens is 1. The standard InChI is InChI=1S/C32H36ClN3O7/c1-4-42-29(38)19-35-16-6-9-23(32(35)39)34-28(37)15-14-26-25-10-7-17-36(25)24-13-12-20(33)18-22(24)30(43-26)21-8-5-11-27(40-2)31(21)41-3/h5,7-8,10-13,17-18,23,26,30H,4,6,9,14-16,19H2,1-3H3,(H,34,37)/t23-,26-,30-/m1/s1. The third kappa shape index (κ3) is 6.50. The van der Waals surface area contributed by atoms with Gasteiger partial charge < -0.3 is 33.7 Å². The highest BCUT2D eigenvalue weighted by molar-refractivity contribution is 6.30. The molecule has 3 atom stereocenters. The quantitative estimate of drug-likeness (QED) is 0.330. The Bertz CT molecular complexity index is 1490. The number of ether oxygens (including phenoxy) is 4. The Morgan fingerprint density at radius 2 is 1.93 bits per heavy atom. The molecule has 3 aromatic rings. The second-order valence-corrected chi connectivity index (χ2v) is 10.9. The summed E-state index contributed by atoms with van der Waals surface area (Å²) in [5.74, 6) is 0.122. The summed E-state index contributed by atoms with van der Waals surface area (Å²) in [6.07, 6.45) is 2.58. The Kier molecular flexibility index (Phi) is 9.57. The zero-order valence-electron chi connectivity index (χ0n) is 24.5. The van der Waals surface area contributed by atoms with Gasteiger partial charge in [-0.2, -0.15) is 0 Å². The summed E-state index contributed by atoms with van der Waals surface area (Å²) in [5, 5.41) is 3.44. The molecule has 3 heterocycles. The van der Waals surface area contributed by atoms with Gasteiger partial charge in [0.05, 0.1) is 38.3 Å². The molecule has 1 N–H and O–H groups in total.